The van der Waals surface area contributed by atoms with Gasteiger partial charge in [-0.25, -0.2) is 0 Å². The molecule has 0 aliphatic carbocycles. The Kier molecular flexibility index (Phi) is 7.26. The van der Waals surface area contributed by atoms with Crippen molar-refractivity contribution in [2.45, 2.75) is 32.9 Å². The van der Waals surface area contributed by atoms with Crippen molar-refractivity contribution in [2.24, 2.45) is 11.7 Å². The van der Waals surface area contributed by atoms with E-state index in [9.17, 15) is 4.79 Å². The van der Waals surface area contributed by atoms with Crippen molar-refractivity contribution < 1.29 is 4.79 Å². The third-order valence-electron chi connectivity index (χ3n) is 3.15. The molecule has 0 unspecified atom stereocenters. The molecular weight excluding hydrogens is 250 g/mol. The van der Waals surface area contributed by atoms with E-state index in [1.54, 1.807) is 0 Å². The smallest absolute Gasteiger partial charge is 0.236 e. The summed E-state index contributed by atoms with van der Waals surface area (Å²) in [5.74, 6) is 0.392. The summed E-state index contributed by atoms with van der Waals surface area (Å²) >= 11 is 0. The van der Waals surface area contributed by atoms with Crippen molar-refractivity contribution >= 4 is 5.91 Å². The standard InChI is InChI=1S/C16H27N3O/c1-13(2)11-15(17)16(20)18-9-10-19(3)12-14-7-5-4-6-8-14/h4-8,13,15H,9-12,17H2,1-3H3,(H,18,20)/t15-/m0/s1. The lowest BCUT2D eigenvalue weighted by Gasteiger charge is -2.18. The van der Waals surface area contributed by atoms with Crippen molar-refractivity contribution in [2.75, 3.05) is 20.1 Å². The van der Waals surface area contributed by atoms with Crippen LogP contribution in [0, 0.1) is 5.92 Å². The van der Waals surface area contributed by atoms with Gasteiger partial charge in [-0.3, -0.25) is 4.79 Å². The summed E-state index contributed by atoms with van der Waals surface area (Å²) in [7, 11) is 2.05. The third-order valence-corrected chi connectivity index (χ3v) is 3.15. The fourth-order valence-electron chi connectivity index (χ4n) is 2.09. The first kappa shape index (κ1) is 16.7. The summed E-state index contributed by atoms with van der Waals surface area (Å²) in [4.78, 5) is 13.9. The highest BCUT2D eigenvalue weighted by molar-refractivity contribution is 5.81. The van der Waals surface area contributed by atoms with Crippen molar-refractivity contribution in [3.8, 4) is 0 Å². The Morgan fingerprint density at radius 3 is 2.55 bits per heavy atom. The Balaban J connectivity index is 2.21. The Bertz CT molecular complexity index is 392. The average molecular weight is 277 g/mol. The SMILES string of the molecule is CC(C)C[C@H](N)C(=O)NCCN(C)Cc1ccccc1. The molecule has 20 heavy (non-hydrogen) atoms. The first-order valence-electron chi connectivity index (χ1n) is 7.24. The van der Waals surface area contributed by atoms with Crippen molar-refractivity contribution in [1.82, 2.24) is 10.2 Å². The molecular formula is C16H27N3O. The van der Waals surface area contributed by atoms with Crippen LogP contribution in [0.5, 0.6) is 0 Å². The molecule has 0 bridgehead atoms. The van der Waals surface area contributed by atoms with Crippen molar-refractivity contribution in [1.29, 1.82) is 0 Å². The van der Waals surface area contributed by atoms with E-state index in [-0.39, 0.29) is 5.91 Å². The largest absolute Gasteiger partial charge is 0.353 e. The Hall–Kier alpha value is -1.39. The minimum absolute atomic E-state index is 0.0492. The summed E-state index contributed by atoms with van der Waals surface area (Å²) in [6, 6.07) is 9.90. The predicted molar refractivity (Wildman–Crippen MR) is 83.2 cm³/mol. The van der Waals surface area contributed by atoms with Gasteiger partial charge in [0.25, 0.3) is 0 Å². The summed E-state index contributed by atoms with van der Waals surface area (Å²) in [5.41, 5.74) is 7.11. The molecule has 0 aliphatic rings. The van der Waals surface area contributed by atoms with E-state index >= 15 is 0 Å². The third kappa shape index (κ3) is 6.68. The first-order valence-corrected chi connectivity index (χ1v) is 7.24. The lowest BCUT2D eigenvalue weighted by Crippen LogP contribution is -2.43. The summed E-state index contributed by atoms with van der Waals surface area (Å²) < 4.78 is 0. The zero-order chi connectivity index (χ0) is 15.0. The van der Waals surface area contributed by atoms with Gasteiger partial charge in [0.2, 0.25) is 5.91 Å². The van der Waals surface area contributed by atoms with Crippen LogP contribution in [0.4, 0.5) is 0 Å². The number of hydrogen-bond acceptors (Lipinski definition) is 3. The van der Waals surface area contributed by atoms with Crippen LogP contribution in [-0.2, 0) is 11.3 Å². The molecule has 1 aromatic rings. The Morgan fingerprint density at radius 2 is 1.95 bits per heavy atom. The minimum Gasteiger partial charge on any atom is -0.353 e. The monoisotopic (exact) mass is 277 g/mol. The number of nitrogens with zero attached hydrogens (tertiary/aromatic N) is 1. The number of likely N-dealkylation sites (N-methyl/N-ethyl adjacent to an activating group) is 1. The molecule has 0 saturated heterocycles. The van der Waals surface area contributed by atoms with Crippen molar-refractivity contribution in [3.05, 3.63) is 35.9 Å². The van der Waals surface area contributed by atoms with Gasteiger partial charge in [0.05, 0.1) is 6.04 Å². The van der Waals surface area contributed by atoms with E-state index in [4.69, 9.17) is 5.73 Å². The van der Waals surface area contributed by atoms with Crippen LogP contribution in [-0.4, -0.2) is 37.0 Å². The molecule has 0 aromatic heterocycles. The molecule has 0 radical (unpaired) electrons. The average Bonchev–Trinajstić information content (AvgIpc) is 2.38. The van der Waals surface area contributed by atoms with Gasteiger partial charge < -0.3 is 16.0 Å². The van der Waals surface area contributed by atoms with Crippen LogP contribution in [0.3, 0.4) is 0 Å². The number of carbonyl (C=O) groups is 1. The maximum atomic E-state index is 11.8. The normalized spacial score (nSPS) is 12.7. The fourth-order valence-corrected chi connectivity index (χ4v) is 2.09. The van der Waals surface area contributed by atoms with E-state index in [1.165, 1.54) is 5.56 Å². The number of rotatable bonds is 8. The number of amides is 1. The van der Waals surface area contributed by atoms with Gasteiger partial charge in [-0.15, -0.1) is 0 Å². The Morgan fingerprint density at radius 1 is 1.30 bits per heavy atom. The number of benzene rings is 1. The van der Waals surface area contributed by atoms with E-state index < -0.39 is 6.04 Å². The summed E-state index contributed by atoms with van der Waals surface area (Å²) in [5, 5.41) is 2.90. The topological polar surface area (TPSA) is 58.4 Å². The van der Waals surface area contributed by atoms with Gasteiger partial charge in [-0.05, 0) is 24.9 Å². The van der Waals surface area contributed by atoms with E-state index in [0.29, 0.717) is 12.5 Å². The lowest BCUT2D eigenvalue weighted by molar-refractivity contribution is -0.122. The van der Waals surface area contributed by atoms with E-state index in [1.807, 2.05) is 25.2 Å². The van der Waals surface area contributed by atoms with Crippen LogP contribution >= 0.6 is 0 Å². The molecule has 0 heterocycles. The maximum Gasteiger partial charge on any atom is 0.236 e. The summed E-state index contributed by atoms with van der Waals surface area (Å²) in [6.45, 7) is 6.47. The summed E-state index contributed by atoms with van der Waals surface area (Å²) in [6.07, 6.45) is 0.728. The van der Waals surface area contributed by atoms with E-state index in [2.05, 4.69) is 36.2 Å². The molecule has 0 aliphatic heterocycles. The van der Waals surface area contributed by atoms with Crippen LogP contribution in [0.2, 0.25) is 0 Å². The molecule has 1 aromatic carbocycles. The van der Waals surface area contributed by atoms with Gasteiger partial charge in [0, 0.05) is 19.6 Å². The van der Waals surface area contributed by atoms with Crippen LogP contribution < -0.4 is 11.1 Å². The van der Waals surface area contributed by atoms with Gasteiger partial charge in [-0.2, -0.15) is 0 Å². The second-order valence-corrected chi connectivity index (χ2v) is 5.75. The number of nitrogens with one attached hydrogen (secondary N) is 1. The quantitative estimate of drug-likeness (QED) is 0.759. The lowest BCUT2D eigenvalue weighted by atomic mass is 10.0. The zero-order valence-corrected chi connectivity index (χ0v) is 12.8. The van der Waals surface area contributed by atoms with Gasteiger partial charge in [0.1, 0.15) is 0 Å². The molecule has 1 atom stereocenters. The first-order chi connectivity index (χ1) is 9.49. The van der Waals surface area contributed by atoms with Crippen molar-refractivity contribution in [3.63, 3.8) is 0 Å². The highest BCUT2D eigenvalue weighted by atomic mass is 16.2. The second kappa shape index (κ2) is 8.72. The second-order valence-electron chi connectivity index (χ2n) is 5.75. The molecule has 1 amide bonds. The molecule has 4 nitrogen and oxygen atoms in total. The molecule has 0 saturated carbocycles. The molecule has 0 fully saturated rings. The molecule has 4 heteroatoms. The molecule has 112 valence electrons. The fraction of sp³-hybridized carbons (Fsp3) is 0.562. The minimum atomic E-state index is -0.394. The maximum absolute atomic E-state index is 11.8. The number of nitrogens with two attached hydrogens (primary N) is 1. The van der Waals surface area contributed by atoms with Gasteiger partial charge >= 0.3 is 0 Å². The molecule has 1 rings (SSSR count). The van der Waals surface area contributed by atoms with E-state index in [0.717, 1.165) is 19.5 Å². The Labute approximate surface area is 122 Å². The van der Waals surface area contributed by atoms with Gasteiger partial charge in [-0.1, -0.05) is 44.2 Å². The predicted octanol–water partition coefficient (Wildman–Crippen LogP) is 1.61. The van der Waals surface area contributed by atoms with Crippen LogP contribution in [0.1, 0.15) is 25.8 Å². The number of hydrogen-bond donors (Lipinski definition) is 2. The van der Waals surface area contributed by atoms with Crippen LogP contribution in [0.25, 0.3) is 0 Å². The van der Waals surface area contributed by atoms with Gasteiger partial charge in [0.15, 0.2) is 0 Å². The highest BCUT2D eigenvalue weighted by Gasteiger charge is 2.14. The highest BCUT2D eigenvalue weighted by Crippen LogP contribution is 2.03. The van der Waals surface area contributed by atoms with Crippen LogP contribution in [0.15, 0.2) is 30.3 Å². The molecule has 0 spiro atoms. The number of carbonyl (C=O) groups excluding carboxylic acids is 1. The zero-order valence-electron chi connectivity index (χ0n) is 12.8. The molecule has 3 N–H and O–H groups in total.